The van der Waals surface area contributed by atoms with E-state index in [9.17, 15) is 0 Å². The van der Waals surface area contributed by atoms with Crippen molar-refractivity contribution in [2.24, 2.45) is 0 Å². The molecule has 7 aromatic carbocycles. The maximum absolute atomic E-state index is 5.27. The molecule has 0 saturated carbocycles. The van der Waals surface area contributed by atoms with Crippen LogP contribution in [-0.2, 0) is 5.41 Å². The van der Waals surface area contributed by atoms with Gasteiger partial charge < -0.3 is 0 Å². The molecule has 8 aromatic rings. The van der Waals surface area contributed by atoms with Crippen molar-refractivity contribution in [3.05, 3.63) is 192 Å². The largest absolute Gasteiger partial charge is 0.228 e. The molecule has 0 fully saturated rings. The Morgan fingerprint density at radius 2 is 1.07 bits per heavy atom. The molecule has 0 N–H and O–H groups in total. The summed E-state index contributed by atoms with van der Waals surface area (Å²) in [4.78, 5) is 12.9. The summed E-state index contributed by atoms with van der Waals surface area (Å²) in [5, 5.41) is 3.47. The lowest BCUT2D eigenvalue weighted by Crippen LogP contribution is -2.34. The van der Waals surface area contributed by atoms with Gasteiger partial charge in [-0.15, -0.1) is 0 Å². The fourth-order valence-corrected chi connectivity index (χ4v) is 8.34. The van der Waals surface area contributed by atoms with Gasteiger partial charge in [0, 0.05) is 26.3 Å². The first-order valence-corrected chi connectivity index (χ1v) is 16.4. The van der Waals surface area contributed by atoms with E-state index in [1.807, 2.05) is 11.8 Å². The van der Waals surface area contributed by atoms with Gasteiger partial charge in [0.15, 0.2) is 5.82 Å². The first-order valence-electron chi connectivity index (χ1n) is 15.6. The molecule has 1 aliphatic heterocycles. The van der Waals surface area contributed by atoms with Crippen LogP contribution in [0.2, 0.25) is 0 Å². The first kappa shape index (κ1) is 26.9. The zero-order valence-corrected chi connectivity index (χ0v) is 25.8. The first-order chi connectivity index (χ1) is 22.8. The Bertz CT molecular complexity index is 2360. The van der Waals surface area contributed by atoms with Gasteiger partial charge >= 0.3 is 0 Å². The summed E-state index contributed by atoms with van der Waals surface area (Å²) in [6.45, 7) is 0. The number of hydrogen-bond acceptors (Lipinski definition) is 3. The van der Waals surface area contributed by atoms with Crippen LogP contribution in [0, 0.1) is 0 Å². The van der Waals surface area contributed by atoms with Gasteiger partial charge in [-0.05, 0) is 57.3 Å². The second-order valence-electron chi connectivity index (χ2n) is 11.8. The molecule has 0 aliphatic carbocycles. The number of nitrogens with zero attached hydrogens (tertiary/aromatic N) is 2. The molecule has 9 rings (SSSR count). The average molecular weight is 605 g/mol. The topological polar surface area (TPSA) is 25.8 Å². The molecule has 0 atom stereocenters. The maximum Gasteiger partial charge on any atom is 0.160 e. The zero-order valence-electron chi connectivity index (χ0n) is 25.0. The van der Waals surface area contributed by atoms with Crippen LogP contribution in [0.1, 0.15) is 22.3 Å². The summed E-state index contributed by atoms with van der Waals surface area (Å²) in [7, 11) is 0. The van der Waals surface area contributed by atoms with Gasteiger partial charge in [0.2, 0.25) is 0 Å². The number of aromatic nitrogens is 2. The van der Waals surface area contributed by atoms with Gasteiger partial charge in [-0.3, -0.25) is 0 Å². The van der Waals surface area contributed by atoms with Crippen LogP contribution in [0.4, 0.5) is 0 Å². The molecule has 1 aromatic heterocycles. The Morgan fingerprint density at radius 3 is 1.87 bits per heavy atom. The van der Waals surface area contributed by atoms with E-state index in [0.29, 0.717) is 0 Å². The fraction of sp³-hybridized carbons (Fsp3) is 0.0233. The maximum atomic E-state index is 5.27. The molecule has 2 heterocycles. The van der Waals surface area contributed by atoms with Gasteiger partial charge in [-0.25, -0.2) is 9.97 Å². The van der Waals surface area contributed by atoms with Crippen LogP contribution in [0.5, 0.6) is 0 Å². The number of hydrogen-bond donors (Lipinski definition) is 0. The summed E-state index contributed by atoms with van der Waals surface area (Å²) in [5.41, 5.74) is 8.61. The second kappa shape index (κ2) is 10.8. The SMILES string of the molecule is c1ccc(C2(c3ccccc3)c3ccccc3Sc3cc(-c4nc(-c5ccc6ccccc6c5)c5ccccc5n4)ccc32)cc1. The Labute approximate surface area is 272 Å². The predicted octanol–water partition coefficient (Wildman–Crippen LogP) is 11.0. The Kier molecular flexibility index (Phi) is 6.32. The molecule has 0 radical (unpaired) electrons. The smallest absolute Gasteiger partial charge is 0.160 e. The van der Waals surface area contributed by atoms with Crippen molar-refractivity contribution >= 4 is 33.4 Å². The monoisotopic (exact) mass is 604 g/mol. The van der Waals surface area contributed by atoms with E-state index in [1.165, 1.54) is 42.8 Å². The predicted molar refractivity (Wildman–Crippen MR) is 190 cm³/mol. The van der Waals surface area contributed by atoms with E-state index in [1.54, 1.807) is 0 Å². The molecule has 0 amide bonds. The van der Waals surface area contributed by atoms with Crippen molar-refractivity contribution in [2.45, 2.75) is 15.2 Å². The van der Waals surface area contributed by atoms with E-state index in [2.05, 4.69) is 170 Å². The van der Waals surface area contributed by atoms with Crippen LogP contribution >= 0.6 is 11.8 Å². The number of para-hydroxylation sites is 1. The van der Waals surface area contributed by atoms with Crippen LogP contribution < -0.4 is 0 Å². The van der Waals surface area contributed by atoms with Crippen molar-refractivity contribution in [1.29, 1.82) is 0 Å². The molecule has 0 spiro atoms. The minimum Gasteiger partial charge on any atom is -0.228 e. The average Bonchev–Trinajstić information content (AvgIpc) is 3.13. The van der Waals surface area contributed by atoms with Crippen LogP contribution in [-0.4, -0.2) is 9.97 Å². The van der Waals surface area contributed by atoms with Crippen molar-refractivity contribution in [1.82, 2.24) is 9.97 Å². The van der Waals surface area contributed by atoms with Gasteiger partial charge in [0.25, 0.3) is 0 Å². The molecule has 0 bridgehead atoms. The Hall–Kier alpha value is -5.51. The van der Waals surface area contributed by atoms with Crippen molar-refractivity contribution in [3.8, 4) is 22.6 Å². The summed E-state index contributed by atoms with van der Waals surface area (Å²) in [6, 6.07) is 60.9. The van der Waals surface area contributed by atoms with Gasteiger partial charge in [0.1, 0.15) is 0 Å². The Balaban J connectivity index is 1.27. The standard InChI is InChI=1S/C43H28N2S/c1-3-15-33(16-4-1)43(34-17-5-2-6-18-34)36-20-10-12-22-39(36)46-40-28-32(25-26-37(40)43)42-44-38-21-11-9-19-35(38)41(45-42)31-24-23-29-13-7-8-14-30(29)27-31/h1-28H. The molecule has 46 heavy (non-hydrogen) atoms. The van der Waals surface area contributed by atoms with Crippen LogP contribution in [0.3, 0.4) is 0 Å². The molecular formula is C43H28N2S. The van der Waals surface area contributed by atoms with Gasteiger partial charge in [-0.2, -0.15) is 0 Å². The van der Waals surface area contributed by atoms with Gasteiger partial charge in [-0.1, -0.05) is 157 Å². The normalized spacial score (nSPS) is 13.3. The lowest BCUT2D eigenvalue weighted by Gasteiger charge is -2.42. The molecule has 216 valence electrons. The highest BCUT2D eigenvalue weighted by Crippen LogP contribution is 2.56. The highest BCUT2D eigenvalue weighted by atomic mass is 32.2. The van der Waals surface area contributed by atoms with Crippen molar-refractivity contribution in [2.75, 3.05) is 0 Å². The third-order valence-electron chi connectivity index (χ3n) is 9.19. The molecule has 0 saturated heterocycles. The molecule has 3 heteroatoms. The minimum atomic E-state index is -0.460. The van der Waals surface area contributed by atoms with E-state index >= 15 is 0 Å². The minimum absolute atomic E-state index is 0.460. The molecule has 2 nitrogen and oxygen atoms in total. The van der Waals surface area contributed by atoms with Crippen molar-refractivity contribution in [3.63, 3.8) is 0 Å². The van der Waals surface area contributed by atoms with Gasteiger partial charge in [0.05, 0.1) is 16.6 Å². The third kappa shape index (κ3) is 4.20. The van der Waals surface area contributed by atoms with E-state index in [-0.39, 0.29) is 0 Å². The summed E-state index contributed by atoms with van der Waals surface area (Å²) in [5.74, 6) is 0.731. The molecule has 0 unspecified atom stereocenters. The number of benzene rings is 7. The molecular weight excluding hydrogens is 577 g/mol. The number of fused-ring (bicyclic) bond motifs is 4. The summed E-state index contributed by atoms with van der Waals surface area (Å²) in [6.07, 6.45) is 0. The lowest BCUT2D eigenvalue weighted by molar-refractivity contribution is 0.703. The number of rotatable bonds is 4. The van der Waals surface area contributed by atoms with E-state index in [4.69, 9.17) is 9.97 Å². The fourth-order valence-electron chi connectivity index (χ4n) is 7.11. The quantitative estimate of drug-likeness (QED) is 0.200. The third-order valence-corrected chi connectivity index (χ3v) is 10.3. The van der Waals surface area contributed by atoms with Crippen LogP contribution in [0.15, 0.2) is 180 Å². The van der Waals surface area contributed by atoms with E-state index < -0.39 is 5.41 Å². The van der Waals surface area contributed by atoms with Crippen molar-refractivity contribution < 1.29 is 0 Å². The lowest BCUT2D eigenvalue weighted by atomic mass is 9.64. The van der Waals surface area contributed by atoms with Crippen LogP contribution in [0.25, 0.3) is 44.3 Å². The Morgan fingerprint density at radius 1 is 0.435 bits per heavy atom. The highest BCUT2D eigenvalue weighted by molar-refractivity contribution is 7.99. The summed E-state index contributed by atoms with van der Waals surface area (Å²) < 4.78 is 0. The summed E-state index contributed by atoms with van der Waals surface area (Å²) >= 11 is 1.83. The second-order valence-corrected chi connectivity index (χ2v) is 12.8. The van der Waals surface area contributed by atoms with E-state index in [0.717, 1.165) is 33.5 Å². The zero-order chi connectivity index (χ0) is 30.5. The molecule has 1 aliphatic rings. The highest BCUT2D eigenvalue weighted by Gasteiger charge is 2.44.